The molecule has 0 aliphatic heterocycles. The second-order valence-corrected chi connectivity index (χ2v) is 23.4. The number of hydrogen-bond donors (Lipinski definition) is 5. The molecule has 0 spiro atoms. The molecule has 11 aromatic rings. The topological polar surface area (TPSA) is 215 Å². The number of aliphatic hydroxyl groups excluding tert-OH is 1. The van der Waals surface area contributed by atoms with Crippen molar-refractivity contribution in [3.63, 3.8) is 0 Å². The van der Waals surface area contributed by atoms with Gasteiger partial charge in [0.25, 0.3) is 11.1 Å². The number of nitrogens with zero attached hydrogens (tertiary/aromatic N) is 8. The Labute approximate surface area is 532 Å². The van der Waals surface area contributed by atoms with Crippen molar-refractivity contribution in [1.82, 2.24) is 48.3 Å². The highest BCUT2D eigenvalue weighted by Crippen LogP contribution is 2.40. The van der Waals surface area contributed by atoms with Crippen LogP contribution in [0.3, 0.4) is 0 Å². The van der Waals surface area contributed by atoms with Gasteiger partial charge < -0.3 is 35.8 Å². The number of carbonyl (C=O) groups is 2. The molecule has 0 radical (unpaired) electrons. The van der Waals surface area contributed by atoms with Crippen LogP contribution in [0.4, 0.5) is 38.5 Å². The van der Waals surface area contributed by atoms with Crippen LogP contribution in [0.2, 0.25) is 0 Å². The van der Waals surface area contributed by atoms with E-state index in [9.17, 15) is 42.7 Å². The molecule has 474 valence electrons. The normalized spacial score (nSPS) is 11.3. The van der Waals surface area contributed by atoms with Gasteiger partial charge in [0, 0.05) is 90.5 Å². The third-order valence-corrected chi connectivity index (χ3v) is 17.7. The van der Waals surface area contributed by atoms with Gasteiger partial charge in [0.2, 0.25) is 0 Å². The molecule has 6 aromatic carbocycles. The molecule has 25 heteroatoms. The zero-order valence-electron chi connectivity index (χ0n) is 50.5. The molecule has 5 N–H and O–H groups in total. The van der Waals surface area contributed by atoms with E-state index in [0.717, 1.165) is 39.0 Å². The van der Waals surface area contributed by atoms with E-state index < -0.39 is 58.9 Å². The van der Waals surface area contributed by atoms with E-state index >= 15 is 8.78 Å². The maximum Gasteiger partial charge on any atom is 0.337 e. The van der Waals surface area contributed by atoms with Crippen LogP contribution in [-0.2, 0) is 32.7 Å². The minimum Gasteiger partial charge on any atom is -0.395 e. The van der Waals surface area contributed by atoms with Crippen LogP contribution in [-0.4, -0.2) is 102 Å². The van der Waals surface area contributed by atoms with Gasteiger partial charge >= 0.3 is 23.4 Å². The molecule has 0 saturated heterocycles. The van der Waals surface area contributed by atoms with Gasteiger partial charge in [0.15, 0.2) is 0 Å². The van der Waals surface area contributed by atoms with Gasteiger partial charge in [-0.3, -0.25) is 23.6 Å². The Morgan fingerprint density at radius 3 is 1.30 bits per heavy atom. The molecule has 0 saturated carbocycles. The molecule has 0 bridgehead atoms. The number of anilines is 2. The average molecular weight is 1290 g/mol. The van der Waals surface area contributed by atoms with E-state index in [1.54, 1.807) is 117 Å². The molecular weight excluding hydrogens is 1220 g/mol. The first kappa shape index (κ1) is 64.9. The van der Waals surface area contributed by atoms with E-state index in [-0.39, 0.29) is 51.9 Å². The maximum atomic E-state index is 15.0. The Morgan fingerprint density at radius 1 is 0.533 bits per heavy atom. The Bertz CT molecular complexity index is 4650. The second-order valence-electron chi connectivity index (χ2n) is 21.4. The van der Waals surface area contributed by atoms with Crippen molar-refractivity contribution in [2.75, 3.05) is 57.5 Å². The number of carbonyl (C=O) groups excluding carboxylic acids is 2. The van der Waals surface area contributed by atoms with E-state index in [2.05, 4.69) is 31.2 Å². The van der Waals surface area contributed by atoms with Gasteiger partial charge in [-0.25, -0.2) is 50.9 Å². The third-order valence-electron chi connectivity index (χ3n) is 15.1. The number of aromatic nitrogens is 6. The van der Waals surface area contributed by atoms with Gasteiger partial charge in [0.1, 0.15) is 32.9 Å². The van der Waals surface area contributed by atoms with Crippen LogP contribution in [0.15, 0.2) is 183 Å². The first-order valence-electron chi connectivity index (χ1n) is 29.3. The average Bonchev–Trinajstić information content (AvgIpc) is 1.55. The molecular formula is C67H64F4N12O7S2. The van der Waals surface area contributed by atoms with Crippen LogP contribution in [0.5, 0.6) is 0 Å². The fourth-order valence-corrected chi connectivity index (χ4v) is 13.1. The second kappa shape index (κ2) is 29.3. The predicted octanol–water partition coefficient (Wildman–Crippen LogP) is 10.5. The highest BCUT2D eigenvalue weighted by molar-refractivity contribution is 7.22. The summed E-state index contributed by atoms with van der Waals surface area (Å²) in [6, 6.07) is 37.4. The van der Waals surface area contributed by atoms with E-state index in [0.29, 0.717) is 93.3 Å². The molecule has 11 rings (SSSR count). The first-order valence-corrected chi connectivity index (χ1v) is 30.9. The molecule has 0 unspecified atom stereocenters. The molecule has 0 aliphatic carbocycles. The number of imidazole rings is 1. The number of benzene rings is 6. The van der Waals surface area contributed by atoms with Crippen molar-refractivity contribution < 1.29 is 32.3 Å². The molecule has 0 aliphatic rings. The Balaban J connectivity index is 0.000000202. The number of thiophene rings is 2. The number of urea groups is 2. The Morgan fingerprint density at radius 2 is 0.935 bits per heavy atom. The number of nitrogens with one attached hydrogen (secondary N) is 4. The molecule has 5 aromatic heterocycles. The number of likely N-dealkylation sites (N-methyl/N-ethyl adjacent to an activating group) is 2. The largest absolute Gasteiger partial charge is 0.395 e. The van der Waals surface area contributed by atoms with E-state index in [1.807, 2.05) is 48.7 Å². The van der Waals surface area contributed by atoms with Crippen molar-refractivity contribution in [1.29, 1.82) is 0 Å². The lowest BCUT2D eigenvalue weighted by Crippen LogP contribution is -2.39. The SMILES string of the molecule is CCNC(=O)Nc1ccc(-c2sc3c(c2CN(C)CCO)c(=O)n(-c2ccccc2)c(=O)n3Cc2c(F)cccc2F)cc1.CCNC(=O)Nc1ccc(-c2sc3c(c2CN(C)CCn2ccnc2)c(=O)n(-c2ccccc2)c(=O)n3Cc2c(F)cccc2F)cc1. The smallest absolute Gasteiger partial charge is 0.337 e. The van der Waals surface area contributed by atoms with Gasteiger partial charge in [-0.05, 0) is 123 Å². The number of hydrogen-bond acceptors (Lipinski definition) is 12. The quantitative estimate of drug-likeness (QED) is 0.0429. The summed E-state index contributed by atoms with van der Waals surface area (Å²) in [4.78, 5) is 90.9. The predicted molar refractivity (Wildman–Crippen MR) is 353 cm³/mol. The summed E-state index contributed by atoms with van der Waals surface area (Å²) >= 11 is 2.39. The molecule has 19 nitrogen and oxygen atoms in total. The summed E-state index contributed by atoms with van der Waals surface area (Å²) in [5.41, 5.74) is 1.38. The molecule has 0 fully saturated rings. The standard InChI is InChI=1S/C35H33F2N7O3S.C32H31F2N5O4S/c1-3-39-34(46)40-24-14-12-23(13-15-24)31-27(20-41(2)18-19-42-17-16-38-22-42)30-32(45)44(25-8-5-4-6-9-25)35(47)43(33(30)48-31)21-26-28(36)10-7-11-29(26)37;1-3-35-31(42)36-21-14-12-20(13-15-21)28-24(18-37(2)16-17-40)27-29(41)39(22-8-5-4-6-9-22)32(43)38(30(27)44-28)19-23-25(33)10-7-11-26(23)34/h4-17,22H,3,18-21H2,1-2H3,(H2,39,40,46);4-15,40H,3,16-19H2,1-2H3,(H2,35,36,42). The summed E-state index contributed by atoms with van der Waals surface area (Å²) in [6.07, 6.45) is 5.31. The number of amides is 4. The summed E-state index contributed by atoms with van der Waals surface area (Å²) < 4.78 is 66.3. The van der Waals surface area contributed by atoms with Crippen LogP contribution in [0.1, 0.15) is 36.1 Å². The minimum absolute atomic E-state index is 0.111. The third kappa shape index (κ3) is 14.3. The number of fused-ring (bicyclic) bond motifs is 2. The molecule has 5 heterocycles. The summed E-state index contributed by atoms with van der Waals surface area (Å²) in [7, 11) is 3.73. The highest BCUT2D eigenvalue weighted by Gasteiger charge is 2.28. The van der Waals surface area contributed by atoms with Crippen molar-refractivity contribution in [2.24, 2.45) is 0 Å². The molecule has 0 atom stereocenters. The number of rotatable bonds is 21. The van der Waals surface area contributed by atoms with Gasteiger partial charge in [-0.2, -0.15) is 0 Å². The van der Waals surface area contributed by atoms with Gasteiger partial charge in [-0.1, -0.05) is 72.8 Å². The van der Waals surface area contributed by atoms with E-state index in [4.69, 9.17) is 0 Å². The van der Waals surface area contributed by atoms with Crippen molar-refractivity contribution in [3.05, 3.63) is 252 Å². The highest BCUT2D eigenvalue weighted by atomic mass is 32.1. The lowest BCUT2D eigenvalue weighted by atomic mass is 10.1. The van der Waals surface area contributed by atoms with Gasteiger partial charge in [0.05, 0.1) is 48.2 Å². The Hall–Kier alpha value is -10.1. The Kier molecular flexibility index (Phi) is 20.7. The fourth-order valence-electron chi connectivity index (χ4n) is 10.5. The monoisotopic (exact) mass is 1290 g/mol. The van der Waals surface area contributed by atoms with Crippen LogP contribution >= 0.6 is 22.7 Å². The maximum absolute atomic E-state index is 15.0. The van der Waals surface area contributed by atoms with E-state index in [1.165, 1.54) is 43.9 Å². The zero-order chi connectivity index (χ0) is 65.2. The first-order chi connectivity index (χ1) is 44.5. The van der Waals surface area contributed by atoms with Crippen LogP contribution < -0.4 is 43.8 Å². The summed E-state index contributed by atoms with van der Waals surface area (Å²) in [6.45, 7) is 5.76. The number of para-hydroxylation sites is 2. The molecule has 4 amide bonds. The van der Waals surface area contributed by atoms with Crippen LogP contribution in [0, 0.1) is 23.3 Å². The lowest BCUT2D eigenvalue weighted by Gasteiger charge is -2.18. The minimum atomic E-state index is -0.808. The van der Waals surface area contributed by atoms with Crippen molar-refractivity contribution >= 4 is 66.5 Å². The molecule has 92 heavy (non-hydrogen) atoms. The fraction of sp³-hybridized carbons (Fsp3) is 0.209. The lowest BCUT2D eigenvalue weighted by molar-refractivity contribution is 0.218. The van der Waals surface area contributed by atoms with Gasteiger partial charge in [-0.15, -0.1) is 22.7 Å². The van der Waals surface area contributed by atoms with Crippen LogP contribution in [0.25, 0.3) is 52.7 Å². The zero-order valence-corrected chi connectivity index (χ0v) is 52.1. The summed E-state index contributed by atoms with van der Waals surface area (Å²) in [5.74, 6) is -3.20. The van der Waals surface area contributed by atoms with Crippen molar-refractivity contribution in [2.45, 2.75) is 46.6 Å². The number of aliphatic hydroxyl groups is 1. The summed E-state index contributed by atoms with van der Waals surface area (Å²) in [5, 5.41) is 21.0. The van der Waals surface area contributed by atoms with Crippen molar-refractivity contribution in [3.8, 4) is 32.3 Å². The number of halogens is 4.